The van der Waals surface area contributed by atoms with Gasteiger partial charge in [0.15, 0.2) is 0 Å². The summed E-state index contributed by atoms with van der Waals surface area (Å²) in [5.41, 5.74) is 0. The van der Waals surface area contributed by atoms with Gasteiger partial charge in [-0.3, -0.25) is 4.57 Å². The number of rotatable bonds is 26. The largest absolute Gasteiger partial charge is 0.756 e. The van der Waals surface area contributed by atoms with Gasteiger partial charge in [-0.25, -0.2) is 4.79 Å². The number of amides is 2. The average molecular weight is 564 g/mol. The topological polar surface area (TPSA) is 82.1 Å². The molecule has 8 nitrogen and oxygen atoms in total. The first kappa shape index (κ1) is 37.3. The van der Waals surface area contributed by atoms with Gasteiger partial charge in [-0.15, -0.1) is 0 Å². The van der Waals surface area contributed by atoms with Crippen LogP contribution >= 0.6 is 7.82 Å². The molecule has 0 saturated heterocycles. The van der Waals surface area contributed by atoms with E-state index in [2.05, 4.69) is 6.92 Å². The number of likely N-dealkylation sites (N-methyl/N-ethyl adjacent to an activating group) is 1. The van der Waals surface area contributed by atoms with Crippen LogP contribution in [-0.4, -0.2) is 88.4 Å². The third-order valence-electron chi connectivity index (χ3n) is 6.77. The quantitative estimate of drug-likeness (QED) is 0.0654. The maximum absolute atomic E-state index is 12.5. The molecule has 0 aromatic carbocycles. The Hall–Kier alpha value is -0.660. The van der Waals surface area contributed by atoms with Gasteiger partial charge < -0.3 is 28.2 Å². The monoisotopic (exact) mass is 563 g/mol. The molecule has 38 heavy (non-hydrogen) atoms. The van der Waals surface area contributed by atoms with Gasteiger partial charge in [-0.1, -0.05) is 103 Å². The van der Waals surface area contributed by atoms with Crippen molar-refractivity contribution >= 4 is 13.9 Å². The minimum absolute atomic E-state index is 0.0152. The third kappa shape index (κ3) is 24.4. The maximum atomic E-state index is 12.5. The van der Waals surface area contributed by atoms with E-state index < -0.39 is 7.82 Å². The van der Waals surface area contributed by atoms with E-state index in [-0.39, 0.29) is 19.2 Å². The van der Waals surface area contributed by atoms with Crippen LogP contribution in [0.1, 0.15) is 116 Å². The number of unbranched alkanes of at least 4 members (excludes halogenated alkanes) is 15. The first-order valence-corrected chi connectivity index (χ1v) is 16.8. The van der Waals surface area contributed by atoms with E-state index in [4.69, 9.17) is 9.05 Å². The summed E-state index contributed by atoms with van der Waals surface area (Å²) in [6.45, 7) is 4.10. The molecule has 0 heterocycles. The summed E-state index contributed by atoms with van der Waals surface area (Å²) >= 11 is 0. The van der Waals surface area contributed by atoms with E-state index in [9.17, 15) is 14.3 Å². The molecule has 2 amide bonds. The summed E-state index contributed by atoms with van der Waals surface area (Å²) in [6, 6.07) is -0.0459. The smallest absolute Gasteiger partial charge is 0.319 e. The zero-order valence-corrected chi connectivity index (χ0v) is 26.8. The molecule has 0 N–H and O–H groups in total. The minimum atomic E-state index is -4.31. The van der Waals surface area contributed by atoms with Gasteiger partial charge in [0.25, 0.3) is 7.82 Å². The molecule has 0 saturated carbocycles. The summed E-state index contributed by atoms with van der Waals surface area (Å²) in [7, 11) is 5.08. The number of hydrogen-bond acceptors (Lipinski definition) is 5. The number of carbonyl (C=O) groups excluding carboxylic acids is 1. The van der Waals surface area contributed by atoms with Crippen molar-refractivity contribution in [1.29, 1.82) is 0 Å². The Kier molecular flexibility index (Phi) is 22.7. The van der Waals surface area contributed by atoms with Crippen LogP contribution in [0, 0.1) is 0 Å². The van der Waals surface area contributed by atoms with Gasteiger partial charge in [0, 0.05) is 27.2 Å². The average Bonchev–Trinajstić information content (AvgIpc) is 2.83. The van der Waals surface area contributed by atoms with Crippen LogP contribution in [0.5, 0.6) is 0 Å². The number of carbonyl (C=O) groups is 1. The second-order valence-corrected chi connectivity index (χ2v) is 13.4. The first-order valence-electron chi connectivity index (χ1n) is 15.4. The lowest BCUT2D eigenvalue weighted by Gasteiger charge is -2.28. The van der Waals surface area contributed by atoms with Crippen LogP contribution in [0.3, 0.4) is 0 Å². The minimum Gasteiger partial charge on any atom is -0.756 e. The van der Waals surface area contributed by atoms with Crippen LogP contribution in [-0.2, 0) is 13.6 Å². The van der Waals surface area contributed by atoms with Crippen molar-refractivity contribution in [2.24, 2.45) is 0 Å². The predicted molar refractivity (Wildman–Crippen MR) is 157 cm³/mol. The lowest BCUT2D eigenvalue weighted by molar-refractivity contribution is -0.870. The van der Waals surface area contributed by atoms with E-state index >= 15 is 0 Å². The second kappa shape index (κ2) is 23.1. The molecular formula is C29H62N3O5P. The number of phosphoric ester groups is 1. The maximum Gasteiger partial charge on any atom is 0.319 e. The molecule has 9 heteroatoms. The number of phosphoric acid groups is 1. The van der Waals surface area contributed by atoms with Crippen molar-refractivity contribution in [3.8, 4) is 0 Å². The molecule has 0 aromatic rings. The van der Waals surface area contributed by atoms with Crippen molar-refractivity contribution in [3.05, 3.63) is 0 Å². The van der Waals surface area contributed by atoms with Crippen LogP contribution in [0.2, 0.25) is 0 Å². The summed E-state index contributed by atoms with van der Waals surface area (Å²) in [5.74, 6) is 0. The lowest BCUT2D eigenvalue weighted by atomic mass is 10.0. The zero-order valence-electron chi connectivity index (χ0n) is 25.9. The van der Waals surface area contributed by atoms with Gasteiger partial charge in [-0.2, -0.15) is 0 Å². The van der Waals surface area contributed by atoms with E-state index in [1.54, 1.807) is 23.9 Å². The molecule has 228 valence electrons. The van der Waals surface area contributed by atoms with Crippen LogP contribution < -0.4 is 4.89 Å². The van der Waals surface area contributed by atoms with Crippen molar-refractivity contribution in [2.45, 2.75) is 116 Å². The van der Waals surface area contributed by atoms with Crippen molar-refractivity contribution in [3.63, 3.8) is 0 Å². The predicted octanol–water partition coefficient (Wildman–Crippen LogP) is 6.83. The van der Waals surface area contributed by atoms with Gasteiger partial charge in [-0.05, 0) is 12.8 Å². The van der Waals surface area contributed by atoms with Gasteiger partial charge in [0.05, 0.1) is 27.7 Å². The highest BCUT2D eigenvalue weighted by molar-refractivity contribution is 7.45. The fraction of sp³-hybridized carbons (Fsp3) is 0.966. The van der Waals surface area contributed by atoms with E-state index in [0.717, 1.165) is 12.8 Å². The van der Waals surface area contributed by atoms with E-state index in [0.29, 0.717) is 30.5 Å². The molecule has 1 unspecified atom stereocenters. The fourth-order valence-electron chi connectivity index (χ4n) is 4.33. The second-order valence-electron chi connectivity index (χ2n) is 11.9. The van der Waals surface area contributed by atoms with Crippen molar-refractivity contribution in [2.75, 3.05) is 68.1 Å². The van der Waals surface area contributed by atoms with Crippen LogP contribution in [0.25, 0.3) is 0 Å². The van der Waals surface area contributed by atoms with E-state index in [1.807, 2.05) is 21.1 Å². The van der Waals surface area contributed by atoms with Gasteiger partial charge in [0.1, 0.15) is 13.2 Å². The van der Waals surface area contributed by atoms with Crippen LogP contribution in [0.15, 0.2) is 0 Å². The Balaban J connectivity index is 3.88. The highest BCUT2D eigenvalue weighted by Crippen LogP contribution is 2.38. The molecule has 1 atom stereocenters. The number of nitrogens with zero attached hydrogens (tertiary/aromatic N) is 3. The molecule has 0 bridgehead atoms. The molecule has 0 spiro atoms. The Morgan fingerprint density at radius 3 is 1.50 bits per heavy atom. The standard InChI is InChI=1S/C29H62N3O5P/c1-7-8-9-10-11-12-13-14-15-16-17-18-19-20-21-22-24-31(29(33)30(2)3)25-23-27-36-38(34,35)37-28-26-32(4,5)6/h7-28H2,1-6H3. The number of quaternary nitrogens is 1. The van der Waals surface area contributed by atoms with Crippen LogP contribution in [0.4, 0.5) is 4.79 Å². The highest BCUT2D eigenvalue weighted by Gasteiger charge is 2.16. The molecule has 0 aliphatic rings. The third-order valence-corrected chi connectivity index (χ3v) is 7.77. The molecule has 0 aromatic heterocycles. The Labute approximate surface area is 235 Å². The van der Waals surface area contributed by atoms with Crippen molar-refractivity contribution < 1.29 is 27.8 Å². The van der Waals surface area contributed by atoms with Gasteiger partial charge in [0.2, 0.25) is 0 Å². The van der Waals surface area contributed by atoms with Crippen molar-refractivity contribution in [1.82, 2.24) is 9.80 Å². The molecule has 0 aliphatic carbocycles. The molecule has 0 fully saturated rings. The Bertz CT molecular complexity index is 614. The summed E-state index contributed by atoms with van der Waals surface area (Å²) in [6.07, 6.45) is 21.6. The molecule has 0 aliphatic heterocycles. The summed E-state index contributed by atoms with van der Waals surface area (Å²) in [4.78, 5) is 27.8. The lowest BCUT2D eigenvalue weighted by Crippen LogP contribution is -2.40. The number of hydrogen-bond donors (Lipinski definition) is 0. The molecule has 0 rings (SSSR count). The fourth-order valence-corrected chi connectivity index (χ4v) is 5.06. The van der Waals surface area contributed by atoms with E-state index in [1.165, 1.54) is 89.9 Å². The zero-order chi connectivity index (χ0) is 28.7. The summed E-state index contributed by atoms with van der Waals surface area (Å²) < 4.78 is 22.5. The highest BCUT2D eigenvalue weighted by atomic mass is 31.2. The Morgan fingerprint density at radius 2 is 1.08 bits per heavy atom. The molecule has 0 radical (unpaired) electrons. The summed E-state index contributed by atoms with van der Waals surface area (Å²) in [5, 5.41) is 0. The normalized spacial score (nSPS) is 13.4. The number of urea groups is 1. The first-order chi connectivity index (χ1) is 18.0. The SMILES string of the molecule is CCCCCCCCCCCCCCCCCCN(CCCOP(=O)([O-])OCC[N+](C)(C)C)C(=O)N(C)C. The Morgan fingerprint density at radius 1 is 0.684 bits per heavy atom. The molecular weight excluding hydrogens is 501 g/mol. The van der Waals surface area contributed by atoms with Gasteiger partial charge >= 0.3 is 6.03 Å².